The van der Waals surface area contributed by atoms with Crippen LogP contribution in [-0.2, 0) is 21.4 Å². The molecule has 4 heteroatoms. The molecule has 19 heavy (non-hydrogen) atoms. The molecule has 2 N–H and O–H groups in total. The number of fused-ring (bicyclic) bond motifs is 1. The third-order valence-corrected chi connectivity index (χ3v) is 5.09. The fraction of sp³-hybridized carbons (Fsp3) is 0.533. The van der Waals surface area contributed by atoms with E-state index in [0.29, 0.717) is 6.42 Å². The fourth-order valence-corrected chi connectivity index (χ4v) is 3.70. The van der Waals surface area contributed by atoms with Crippen molar-refractivity contribution < 1.29 is 9.53 Å². The third kappa shape index (κ3) is 2.32. The van der Waals surface area contributed by atoms with Gasteiger partial charge in [-0.05, 0) is 43.9 Å². The summed E-state index contributed by atoms with van der Waals surface area (Å²) in [5.74, 6) is -0.202. The molecule has 1 unspecified atom stereocenters. The van der Waals surface area contributed by atoms with Gasteiger partial charge in [0, 0.05) is 15.4 Å². The van der Waals surface area contributed by atoms with Crippen LogP contribution in [0.25, 0.3) is 0 Å². The van der Waals surface area contributed by atoms with Crippen molar-refractivity contribution in [3.05, 3.63) is 33.8 Å². The summed E-state index contributed by atoms with van der Waals surface area (Å²) >= 11 is 3.59. The lowest BCUT2D eigenvalue weighted by Gasteiger charge is -2.42. The predicted molar refractivity (Wildman–Crippen MR) is 79.0 cm³/mol. The van der Waals surface area contributed by atoms with Gasteiger partial charge in [0.15, 0.2) is 0 Å². The summed E-state index contributed by atoms with van der Waals surface area (Å²) in [5.41, 5.74) is 8.04. The smallest absolute Gasteiger partial charge is 0.306 e. The van der Waals surface area contributed by atoms with Crippen LogP contribution in [0.1, 0.15) is 37.8 Å². The van der Waals surface area contributed by atoms with E-state index in [-0.39, 0.29) is 11.4 Å². The lowest BCUT2D eigenvalue weighted by Crippen LogP contribution is -2.54. The van der Waals surface area contributed by atoms with Crippen LogP contribution < -0.4 is 5.73 Å². The second-order valence-corrected chi connectivity index (χ2v) is 6.68. The normalized spacial score (nSPS) is 22.2. The molecule has 0 spiro atoms. The molecular formula is C15H20BrNO2. The van der Waals surface area contributed by atoms with Crippen molar-refractivity contribution in [2.24, 2.45) is 5.73 Å². The average molecular weight is 326 g/mol. The van der Waals surface area contributed by atoms with Crippen molar-refractivity contribution in [3.8, 4) is 0 Å². The fourth-order valence-electron chi connectivity index (χ4n) is 3.13. The number of methoxy groups -OCH3 is 1. The molecular weight excluding hydrogens is 306 g/mol. The SMILES string of the molecule is COC(=O)CC1(C(C)(C)N)CCc2c(Br)cccc21. The Balaban J connectivity index is 2.55. The lowest BCUT2D eigenvalue weighted by atomic mass is 9.66. The number of carbonyl (C=O) groups excluding carboxylic acids is 1. The number of esters is 1. The van der Waals surface area contributed by atoms with Crippen molar-refractivity contribution >= 4 is 21.9 Å². The van der Waals surface area contributed by atoms with Crippen LogP contribution >= 0.6 is 15.9 Å². The maximum atomic E-state index is 11.8. The highest BCUT2D eigenvalue weighted by Crippen LogP contribution is 2.49. The first kappa shape index (κ1) is 14.5. The van der Waals surface area contributed by atoms with Crippen LogP contribution in [0.4, 0.5) is 0 Å². The molecule has 1 aromatic rings. The zero-order valence-corrected chi connectivity index (χ0v) is 13.2. The molecule has 1 aromatic carbocycles. The minimum Gasteiger partial charge on any atom is -0.469 e. The summed E-state index contributed by atoms with van der Waals surface area (Å²) in [6.45, 7) is 3.98. The molecule has 1 aliphatic carbocycles. The Hall–Kier alpha value is -0.870. The minimum absolute atomic E-state index is 0.202. The van der Waals surface area contributed by atoms with Crippen molar-refractivity contribution in [1.82, 2.24) is 0 Å². The van der Waals surface area contributed by atoms with Gasteiger partial charge in [0.1, 0.15) is 0 Å². The number of ether oxygens (including phenoxy) is 1. The first-order valence-electron chi connectivity index (χ1n) is 6.45. The molecule has 104 valence electrons. The second-order valence-electron chi connectivity index (χ2n) is 5.82. The van der Waals surface area contributed by atoms with Gasteiger partial charge in [-0.25, -0.2) is 0 Å². The molecule has 1 atom stereocenters. The molecule has 1 aliphatic rings. The van der Waals surface area contributed by atoms with Crippen LogP contribution in [0.3, 0.4) is 0 Å². The molecule has 2 rings (SSSR count). The Kier molecular flexibility index (Phi) is 3.76. The minimum atomic E-state index is -0.479. The molecule has 0 aliphatic heterocycles. The van der Waals surface area contributed by atoms with Crippen LogP contribution in [0.15, 0.2) is 22.7 Å². The van der Waals surface area contributed by atoms with E-state index in [9.17, 15) is 4.79 Å². The molecule has 0 aromatic heterocycles. The zero-order valence-electron chi connectivity index (χ0n) is 11.6. The number of rotatable bonds is 3. The predicted octanol–water partition coefficient (Wildman–Crippen LogP) is 2.93. The van der Waals surface area contributed by atoms with E-state index in [2.05, 4.69) is 22.0 Å². The van der Waals surface area contributed by atoms with Crippen LogP contribution in [0.2, 0.25) is 0 Å². The van der Waals surface area contributed by atoms with Gasteiger partial charge in [-0.2, -0.15) is 0 Å². The van der Waals surface area contributed by atoms with E-state index in [0.717, 1.165) is 17.3 Å². The summed E-state index contributed by atoms with van der Waals surface area (Å²) in [6, 6.07) is 6.13. The summed E-state index contributed by atoms with van der Waals surface area (Å²) in [4.78, 5) is 11.8. The van der Waals surface area contributed by atoms with Gasteiger partial charge in [-0.1, -0.05) is 28.1 Å². The molecule has 0 amide bonds. The molecule has 0 saturated carbocycles. The van der Waals surface area contributed by atoms with Gasteiger partial charge in [0.2, 0.25) is 0 Å². The van der Waals surface area contributed by atoms with E-state index in [1.165, 1.54) is 18.2 Å². The van der Waals surface area contributed by atoms with Crippen molar-refractivity contribution in [2.75, 3.05) is 7.11 Å². The molecule has 0 radical (unpaired) electrons. The number of halogens is 1. The van der Waals surface area contributed by atoms with Crippen LogP contribution in [0, 0.1) is 0 Å². The van der Waals surface area contributed by atoms with Crippen molar-refractivity contribution in [3.63, 3.8) is 0 Å². The lowest BCUT2D eigenvalue weighted by molar-refractivity contribution is -0.142. The molecule has 3 nitrogen and oxygen atoms in total. The zero-order chi connectivity index (χ0) is 14.3. The monoisotopic (exact) mass is 325 g/mol. The van der Waals surface area contributed by atoms with Gasteiger partial charge in [0.25, 0.3) is 0 Å². The van der Waals surface area contributed by atoms with E-state index >= 15 is 0 Å². The van der Waals surface area contributed by atoms with E-state index in [1.807, 2.05) is 26.0 Å². The van der Waals surface area contributed by atoms with Crippen molar-refractivity contribution in [1.29, 1.82) is 0 Å². The highest BCUT2D eigenvalue weighted by atomic mass is 79.9. The highest BCUT2D eigenvalue weighted by Gasteiger charge is 2.50. The summed E-state index contributed by atoms with van der Waals surface area (Å²) in [5, 5.41) is 0. The van der Waals surface area contributed by atoms with E-state index in [4.69, 9.17) is 10.5 Å². The first-order valence-corrected chi connectivity index (χ1v) is 7.25. The number of carbonyl (C=O) groups is 1. The summed E-state index contributed by atoms with van der Waals surface area (Å²) in [7, 11) is 1.43. The highest BCUT2D eigenvalue weighted by molar-refractivity contribution is 9.10. The maximum Gasteiger partial charge on any atom is 0.306 e. The van der Waals surface area contributed by atoms with Gasteiger partial charge >= 0.3 is 5.97 Å². The van der Waals surface area contributed by atoms with Gasteiger partial charge in [-0.3, -0.25) is 4.79 Å². The van der Waals surface area contributed by atoms with Gasteiger partial charge in [0.05, 0.1) is 13.5 Å². The Morgan fingerprint density at radius 1 is 1.53 bits per heavy atom. The van der Waals surface area contributed by atoms with Gasteiger partial charge in [-0.15, -0.1) is 0 Å². The quantitative estimate of drug-likeness (QED) is 0.869. The van der Waals surface area contributed by atoms with Crippen LogP contribution in [0.5, 0.6) is 0 Å². The Morgan fingerprint density at radius 3 is 2.79 bits per heavy atom. The Labute approximate surface area is 122 Å². The van der Waals surface area contributed by atoms with Crippen LogP contribution in [-0.4, -0.2) is 18.6 Å². The first-order chi connectivity index (χ1) is 8.82. The second kappa shape index (κ2) is 4.91. The molecule has 0 saturated heterocycles. The number of nitrogens with two attached hydrogens (primary N) is 1. The summed E-state index contributed by atoms with van der Waals surface area (Å²) < 4.78 is 5.97. The molecule has 0 bridgehead atoms. The topological polar surface area (TPSA) is 52.3 Å². The number of hydrogen-bond donors (Lipinski definition) is 1. The number of benzene rings is 1. The Morgan fingerprint density at radius 2 is 2.21 bits per heavy atom. The maximum absolute atomic E-state index is 11.8. The van der Waals surface area contributed by atoms with E-state index in [1.54, 1.807) is 0 Å². The average Bonchev–Trinajstić information content (AvgIpc) is 2.70. The van der Waals surface area contributed by atoms with E-state index < -0.39 is 5.54 Å². The Bertz CT molecular complexity index is 507. The third-order valence-electron chi connectivity index (χ3n) is 4.34. The largest absolute Gasteiger partial charge is 0.469 e. The van der Waals surface area contributed by atoms with Gasteiger partial charge < -0.3 is 10.5 Å². The molecule has 0 heterocycles. The standard InChI is InChI=1S/C15H20BrNO2/c1-14(2,17)15(9-13(18)19-3)8-7-10-11(15)5-4-6-12(10)16/h4-6H,7-9,17H2,1-3H3. The van der Waals surface area contributed by atoms with Crippen molar-refractivity contribution in [2.45, 2.75) is 44.1 Å². The molecule has 0 fully saturated rings. The summed E-state index contributed by atoms with van der Waals surface area (Å²) in [6.07, 6.45) is 2.15. The number of hydrogen-bond acceptors (Lipinski definition) is 3.